The lowest BCUT2D eigenvalue weighted by Crippen LogP contribution is -2.16. The van der Waals surface area contributed by atoms with Gasteiger partial charge in [-0.15, -0.1) is 0 Å². The van der Waals surface area contributed by atoms with Crippen molar-refractivity contribution in [3.63, 3.8) is 0 Å². The van der Waals surface area contributed by atoms with Crippen molar-refractivity contribution in [2.75, 3.05) is 11.9 Å². The van der Waals surface area contributed by atoms with Gasteiger partial charge >= 0.3 is 0 Å². The van der Waals surface area contributed by atoms with Gasteiger partial charge in [-0.05, 0) is 33.6 Å². The number of benzene rings is 2. The van der Waals surface area contributed by atoms with Gasteiger partial charge in [0.1, 0.15) is 4.47 Å². The molecule has 2 aromatic rings. The molecule has 0 aromatic heterocycles. The average molecular weight is 321 g/mol. The standard InChI is InChI=1S/C14H13BrN2O2/c1-16(12-7-3-2-4-8-12)10-11-6-5-9-13(14(11)15)17(18)19/h2-9H,10H2,1H3. The Balaban J connectivity index is 2.25. The fourth-order valence-electron chi connectivity index (χ4n) is 1.86. The van der Waals surface area contributed by atoms with E-state index in [2.05, 4.69) is 15.9 Å². The first-order valence-corrected chi connectivity index (χ1v) is 6.57. The number of hydrogen-bond acceptors (Lipinski definition) is 3. The van der Waals surface area contributed by atoms with Crippen molar-refractivity contribution >= 4 is 27.3 Å². The van der Waals surface area contributed by atoms with Gasteiger partial charge in [0.05, 0.1) is 4.92 Å². The fourth-order valence-corrected chi connectivity index (χ4v) is 2.39. The lowest BCUT2D eigenvalue weighted by Gasteiger charge is -2.19. The maximum atomic E-state index is 10.9. The van der Waals surface area contributed by atoms with Crippen molar-refractivity contribution in [2.24, 2.45) is 0 Å². The minimum atomic E-state index is -0.379. The Morgan fingerprint density at radius 1 is 1.16 bits per heavy atom. The van der Waals surface area contributed by atoms with Gasteiger partial charge in [0, 0.05) is 25.3 Å². The van der Waals surface area contributed by atoms with Gasteiger partial charge in [-0.25, -0.2) is 0 Å². The summed E-state index contributed by atoms with van der Waals surface area (Å²) in [5.74, 6) is 0. The normalized spacial score (nSPS) is 10.2. The molecule has 0 heterocycles. The highest BCUT2D eigenvalue weighted by atomic mass is 79.9. The molecule has 0 N–H and O–H groups in total. The summed E-state index contributed by atoms with van der Waals surface area (Å²) in [6.07, 6.45) is 0. The summed E-state index contributed by atoms with van der Waals surface area (Å²) in [4.78, 5) is 12.6. The highest BCUT2D eigenvalue weighted by Gasteiger charge is 2.15. The van der Waals surface area contributed by atoms with E-state index in [4.69, 9.17) is 0 Å². The molecule has 5 heteroatoms. The third-order valence-corrected chi connectivity index (χ3v) is 3.78. The quantitative estimate of drug-likeness (QED) is 0.632. The van der Waals surface area contributed by atoms with Gasteiger partial charge in [-0.2, -0.15) is 0 Å². The lowest BCUT2D eigenvalue weighted by molar-refractivity contribution is -0.385. The van der Waals surface area contributed by atoms with Gasteiger partial charge < -0.3 is 4.90 Å². The van der Waals surface area contributed by atoms with Crippen LogP contribution in [-0.2, 0) is 6.54 Å². The smallest absolute Gasteiger partial charge is 0.283 e. The molecule has 0 saturated carbocycles. The van der Waals surface area contributed by atoms with Crippen LogP contribution in [0.15, 0.2) is 53.0 Å². The lowest BCUT2D eigenvalue weighted by atomic mass is 10.2. The fraction of sp³-hybridized carbons (Fsp3) is 0.143. The molecule has 0 fully saturated rings. The van der Waals surface area contributed by atoms with Crippen LogP contribution in [0.25, 0.3) is 0 Å². The Hall–Kier alpha value is -1.88. The van der Waals surface area contributed by atoms with Crippen molar-refractivity contribution in [2.45, 2.75) is 6.54 Å². The van der Waals surface area contributed by atoms with Crippen molar-refractivity contribution in [1.29, 1.82) is 0 Å². The Labute approximate surface area is 119 Å². The Bertz CT molecular complexity index is 587. The van der Waals surface area contributed by atoms with Crippen LogP contribution in [0.2, 0.25) is 0 Å². The number of nitrogens with zero attached hydrogens (tertiary/aromatic N) is 2. The number of para-hydroxylation sites is 1. The number of nitro benzene ring substituents is 1. The topological polar surface area (TPSA) is 46.4 Å². The average Bonchev–Trinajstić information content (AvgIpc) is 2.41. The molecule has 2 rings (SSSR count). The molecule has 0 saturated heterocycles. The first-order valence-electron chi connectivity index (χ1n) is 5.77. The monoisotopic (exact) mass is 320 g/mol. The maximum absolute atomic E-state index is 10.9. The zero-order valence-electron chi connectivity index (χ0n) is 10.4. The number of hydrogen-bond donors (Lipinski definition) is 0. The van der Waals surface area contributed by atoms with E-state index in [9.17, 15) is 10.1 Å². The van der Waals surface area contributed by atoms with Crippen LogP contribution in [0.5, 0.6) is 0 Å². The predicted molar refractivity (Wildman–Crippen MR) is 79.3 cm³/mol. The number of anilines is 1. The second-order valence-corrected chi connectivity index (χ2v) is 4.99. The highest BCUT2D eigenvalue weighted by Crippen LogP contribution is 2.29. The number of rotatable bonds is 4. The summed E-state index contributed by atoms with van der Waals surface area (Å²) in [5.41, 5.74) is 2.06. The van der Waals surface area contributed by atoms with Crippen LogP contribution < -0.4 is 4.90 Å². The van der Waals surface area contributed by atoms with Crippen molar-refractivity contribution in [3.8, 4) is 0 Å². The molecule has 0 radical (unpaired) electrons. The summed E-state index contributed by atoms with van der Waals surface area (Å²) in [7, 11) is 1.96. The van der Waals surface area contributed by atoms with Gasteiger partial charge in [0.25, 0.3) is 5.69 Å². The minimum absolute atomic E-state index is 0.0963. The van der Waals surface area contributed by atoms with Gasteiger partial charge in [0.15, 0.2) is 0 Å². The summed E-state index contributed by atoms with van der Waals surface area (Å²) in [6.45, 7) is 0.603. The Morgan fingerprint density at radius 3 is 2.47 bits per heavy atom. The predicted octanol–water partition coefficient (Wildman–Crippen LogP) is 3.99. The Kier molecular flexibility index (Phi) is 4.16. The van der Waals surface area contributed by atoms with E-state index in [0.717, 1.165) is 11.3 Å². The molecule has 0 bridgehead atoms. The molecule has 98 valence electrons. The third kappa shape index (κ3) is 3.12. The van der Waals surface area contributed by atoms with Gasteiger partial charge in [-0.1, -0.05) is 30.3 Å². The third-order valence-electron chi connectivity index (χ3n) is 2.86. The largest absolute Gasteiger partial charge is 0.370 e. The van der Waals surface area contributed by atoms with Gasteiger partial charge in [0.2, 0.25) is 0 Å². The summed E-state index contributed by atoms with van der Waals surface area (Å²) in [6, 6.07) is 15.0. The molecule has 0 amide bonds. The van der Waals surface area contributed by atoms with E-state index in [1.54, 1.807) is 6.07 Å². The zero-order valence-corrected chi connectivity index (χ0v) is 12.0. The van der Waals surface area contributed by atoms with Gasteiger partial charge in [-0.3, -0.25) is 10.1 Å². The Morgan fingerprint density at radius 2 is 1.84 bits per heavy atom. The number of halogens is 1. The second kappa shape index (κ2) is 5.84. The molecule has 19 heavy (non-hydrogen) atoms. The van der Waals surface area contributed by atoms with Crippen molar-refractivity contribution < 1.29 is 4.92 Å². The van der Waals surface area contributed by atoms with Crippen LogP contribution >= 0.6 is 15.9 Å². The molecule has 4 nitrogen and oxygen atoms in total. The van der Waals surface area contributed by atoms with Crippen molar-refractivity contribution in [3.05, 3.63) is 68.7 Å². The van der Waals surface area contributed by atoms with Crippen LogP contribution in [0.3, 0.4) is 0 Å². The molecule has 0 unspecified atom stereocenters. The second-order valence-electron chi connectivity index (χ2n) is 4.20. The molecular formula is C14H13BrN2O2. The maximum Gasteiger partial charge on any atom is 0.283 e. The molecule has 0 aliphatic carbocycles. The molecule has 2 aromatic carbocycles. The molecule has 0 spiro atoms. The van der Waals surface area contributed by atoms with E-state index in [1.165, 1.54) is 6.07 Å². The van der Waals surface area contributed by atoms with Crippen LogP contribution in [0, 0.1) is 10.1 Å². The van der Waals surface area contributed by atoms with E-state index < -0.39 is 0 Å². The molecule has 0 atom stereocenters. The molecule has 0 aliphatic heterocycles. The molecular weight excluding hydrogens is 308 g/mol. The first kappa shape index (κ1) is 13.5. The summed E-state index contributed by atoms with van der Waals surface area (Å²) >= 11 is 3.31. The van der Waals surface area contributed by atoms with E-state index in [-0.39, 0.29) is 10.6 Å². The van der Waals surface area contributed by atoms with Crippen LogP contribution in [0.4, 0.5) is 11.4 Å². The molecule has 0 aliphatic rings. The van der Waals surface area contributed by atoms with Crippen LogP contribution in [0.1, 0.15) is 5.56 Å². The summed E-state index contributed by atoms with van der Waals surface area (Å²) in [5, 5.41) is 10.9. The SMILES string of the molecule is CN(Cc1cccc([N+](=O)[O-])c1Br)c1ccccc1. The van der Waals surface area contributed by atoms with Crippen molar-refractivity contribution in [1.82, 2.24) is 0 Å². The number of nitro groups is 1. The highest BCUT2D eigenvalue weighted by molar-refractivity contribution is 9.10. The first-order chi connectivity index (χ1) is 9.09. The summed E-state index contributed by atoms with van der Waals surface area (Å²) < 4.78 is 0.544. The van der Waals surface area contributed by atoms with E-state index >= 15 is 0 Å². The van der Waals surface area contributed by atoms with E-state index in [1.807, 2.05) is 48.3 Å². The van der Waals surface area contributed by atoms with E-state index in [0.29, 0.717) is 11.0 Å². The minimum Gasteiger partial charge on any atom is -0.370 e. The van der Waals surface area contributed by atoms with Crippen LogP contribution in [-0.4, -0.2) is 12.0 Å². The zero-order chi connectivity index (χ0) is 13.8.